The van der Waals surface area contributed by atoms with Crippen LogP contribution in [0, 0.1) is 17.0 Å². The molecule has 0 aliphatic carbocycles. The summed E-state index contributed by atoms with van der Waals surface area (Å²) in [6.07, 6.45) is 0. The standard InChI is InChI=1S/C15H13ClN2O3/c1-10-2-7-14(18(20)21)13(8-10)17-15(19)12-5-3-11(9-16)4-6-12/h2-8H,9H2,1H3,(H,17,19). The van der Waals surface area contributed by atoms with Crippen molar-refractivity contribution in [1.29, 1.82) is 0 Å². The van der Waals surface area contributed by atoms with Gasteiger partial charge in [0.05, 0.1) is 4.92 Å². The summed E-state index contributed by atoms with van der Waals surface area (Å²) in [5, 5.41) is 13.5. The van der Waals surface area contributed by atoms with Gasteiger partial charge in [-0.3, -0.25) is 14.9 Å². The predicted molar refractivity (Wildman–Crippen MR) is 81.8 cm³/mol. The number of nitro groups is 1. The van der Waals surface area contributed by atoms with Gasteiger partial charge in [0.15, 0.2) is 0 Å². The Morgan fingerprint density at radius 1 is 1.24 bits per heavy atom. The molecule has 0 saturated carbocycles. The maximum Gasteiger partial charge on any atom is 0.292 e. The molecular weight excluding hydrogens is 292 g/mol. The summed E-state index contributed by atoms with van der Waals surface area (Å²) < 4.78 is 0. The van der Waals surface area contributed by atoms with E-state index < -0.39 is 10.8 Å². The minimum absolute atomic E-state index is 0.133. The molecule has 0 aliphatic rings. The number of halogens is 1. The molecule has 6 heteroatoms. The summed E-state index contributed by atoms with van der Waals surface area (Å²) in [4.78, 5) is 22.6. The van der Waals surface area contributed by atoms with Crippen LogP contribution in [0.3, 0.4) is 0 Å². The number of aryl methyl sites for hydroxylation is 1. The monoisotopic (exact) mass is 304 g/mol. The smallest absolute Gasteiger partial charge is 0.292 e. The van der Waals surface area contributed by atoms with E-state index in [2.05, 4.69) is 5.32 Å². The van der Waals surface area contributed by atoms with Gasteiger partial charge in [-0.2, -0.15) is 0 Å². The van der Waals surface area contributed by atoms with Crippen molar-refractivity contribution in [2.75, 3.05) is 5.32 Å². The molecule has 0 aliphatic heterocycles. The van der Waals surface area contributed by atoms with E-state index in [-0.39, 0.29) is 11.4 Å². The highest BCUT2D eigenvalue weighted by Crippen LogP contribution is 2.25. The Labute approximate surface area is 126 Å². The lowest BCUT2D eigenvalue weighted by molar-refractivity contribution is -0.383. The van der Waals surface area contributed by atoms with Crippen LogP contribution in [0.5, 0.6) is 0 Å². The fourth-order valence-corrected chi connectivity index (χ4v) is 2.03. The third-order valence-electron chi connectivity index (χ3n) is 2.97. The van der Waals surface area contributed by atoms with Gasteiger partial charge in [0.2, 0.25) is 0 Å². The molecule has 108 valence electrons. The summed E-state index contributed by atoms with van der Waals surface area (Å²) in [5.41, 5.74) is 2.19. The second-order valence-corrected chi connectivity index (χ2v) is 4.83. The molecule has 1 N–H and O–H groups in total. The van der Waals surface area contributed by atoms with Gasteiger partial charge in [0.1, 0.15) is 5.69 Å². The number of alkyl halides is 1. The Balaban J connectivity index is 2.26. The third-order valence-corrected chi connectivity index (χ3v) is 3.28. The van der Waals surface area contributed by atoms with Crippen molar-refractivity contribution in [2.45, 2.75) is 12.8 Å². The molecule has 2 aromatic rings. The van der Waals surface area contributed by atoms with Crippen LogP contribution in [0.1, 0.15) is 21.5 Å². The van der Waals surface area contributed by atoms with Crippen molar-refractivity contribution < 1.29 is 9.72 Å². The summed E-state index contributed by atoms with van der Waals surface area (Å²) in [6, 6.07) is 11.3. The Hall–Kier alpha value is -2.40. The minimum Gasteiger partial charge on any atom is -0.316 e. The first kappa shape index (κ1) is 15.0. The molecule has 2 aromatic carbocycles. The highest BCUT2D eigenvalue weighted by molar-refractivity contribution is 6.17. The molecule has 0 spiro atoms. The van der Waals surface area contributed by atoms with E-state index in [0.29, 0.717) is 11.4 Å². The predicted octanol–water partition coefficient (Wildman–Crippen LogP) is 3.89. The van der Waals surface area contributed by atoms with Crippen molar-refractivity contribution >= 4 is 28.9 Å². The number of rotatable bonds is 4. The van der Waals surface area contributed by atoms with Gasteiger partial charge in [-0.1, -0.05) is 18.2 Å². The van der Waals surface area contributed by atoms with E-state index >= 15 is 0 Å². The van der Waals surface area contributed by atoms with Crippen molar-refractivity contribution in [3.05, 3.63) is 69.3 Å². The Kier molecular flexibility index (Phi) is 4.55. The van der Waals surface area contributed by atoms with Crippen LogP contribution in [-0.2, 0) is 5.88 Å². The first-order chi connectivity index (χ1) is 10.0. The van der Waals surface area contributed by atoms with Gasteiger partial charge in [0.25, 0.3) is 11.6 Å². The summed E-state index contributed by atoms with van der Waals surface area (Å²) in [5.74, 6) is -0.0320. The van der Waals surface area contributed by atoms with E-state index in [4.69, 9.17) is 11.6 Å². The quantitative estimate of drug-likeness (QED) is 0.529. The van der Waals surface area contributed by atoms with Crippen molar-refractivity contribution in [1.82, 2.24) is 0 Å². The van der Waals surface area contributed by atoms with Crippen LogP contribution in [0.25, 0.3) is 0 Å². The van der Waals surface area contributed by atoms with Gasteiger partial charge in [0, 0.05) is 17.5 Å². The van der Waals surface area contributed by atoms with Gasteiger partial charge in [-0.15, -0.1) is 11.6 Å². The van der Waals surface area contributed by atoms with Crippen molar-refractivity contribution in [3.63, 3.8) is 0 Å². The molecule has 0 unspecified atom stereocenters. The molecule has 2 rings (SSSR count). The number of nitro benzene ring substituents is 1. The largest absolute Gasteiger partial charge is 0.316 e. The highest BCUT2D eigenvalue weighted by Gasteiger charge is 2.16. The van der Waals surface area contributed by atoms with Gasteiger partial charge >= 0.3 is 0 Å². The SMILES string of the molecule is Cc1ccc([N+](=O)[O-])c(NC(=O)c2ccc(CCl)cc2)c1. The molecule has 5 nitrogen and oxygen atoms in total. The number of nitrogens with zero attached hydrogens (tertiary/aromatic N) is 1. The molecular formula is C15H13ClN2O3. The zero-order valence-corrected chi connectivity index (χ0v) is 12.1. The van der Waals surface area contributed by atoms with E-state index in [1.807, 2.05) is 0 Å². The van der Waals surface area contributed by atoms with Crippen LogP contribution in [0.15, 0.2) is 42.5 Å². The molecule has 0 saturated heterocycles. The lowest BCUT2D eigenvalue weighted by Gasteiger charge is -2.07. The number of nitrogens with one attached hydrogen (secondary N) is 1. The van der Waals surface area contributed by atoms with E-state index in [9.17, 15) is 14.9 Å². The average Bonchev–Trinajstić information content (AvgIpc) is 2.47. The molecule has 0 atom stereocenters. The van der Waals surface area contributed by atoms with Crippen molar-refractivity contribution in [3.8, 4) is 0 Å². The zero-order valence-electron chi connectivity index (χ0n) is 11.3. The fourth-order valence-electron chi connectivity index (χ4n) is 1.85. The number of hydrogen-bond acceptors (Lipinski definition) is 3. The van der Waals surface area contributed by atoms with Crippen LogP contribution >= 0.6 is 11.6 Å². The van der Waals surface area contributed by atoms with Crippen LogP contribution in [0.4, 0.5) is 11.4 Å². The summed E-state index contributed by atoms with van der Waals surface area (Å²) >= 11 is 5.69. The molecule has 0 radical (unpaired) electrons. The molecule has 0 heterocycles. The molecule has 0 bridgehead atoms. The van der Waals surface area contributed by atoms with Crippen LogP contribution in [-0.4, -0.2) is 10.8 Å². The number of amides is 1. The fraction of sp³-hybridized carbons (Fsp3) is 0.133. The third kappa shape index (κ3) is 3.58. The maximum absolute atomic E-state index is 12.1. The van der Waals surface area contributed by atoms with Crippen LogP contribution in [0.2, 0.25) is 0 Å². The zero-order chi connectivity index (χ0) is 15.4. The van der Waals surface area contributed by atoms with Crippen LogP contribution < -0.4 is 5.32 Å². The number of benzene rings is 2. The van der Waals surface area contributed by atoms with E-state index in [1.54, 1.807) is 43.3 Å². The van der Waals surface area contributed by atoms with Gasteiger partial charge < -0.3 is 5.32 Å². The number of carbonyl (C=O) groups excluding carboxylic acids is 1. The second-order valence-electron chi connectivity index (χ2n) is 4.56. The lowest BCUT2D eigenvalue weighted by Crippen LogP contribution is -2.13. The number of carbonyl (C=O) groups is 1. The normalized spacial score (nSPS) is 10.2. The van der Waals surface area contributed by atoms with E-state index in [1.165, 1.54) is 6.07 Å². The minimum atomic E-state index is -0.522. The van der Waals surface area contributed by atoms with Crippen molar-refractivity contribution in [2.24, 2.45) is 0 Å². The molecule has 0 fully saturated rings. The molecule has 0 aromatic heterocycles. The van der Waals surface area contributed by atoms with Gasteiger partial charge in [-0.25, -0.2) is 0 Å². The molecule has 21 heavy (non-hydrogen) atoms. The number of hydrogen-bond donors (Lipinski definition) is 1. The Morgan fingerprint density at radius 2 is 1.90 bits per heavy atom. The first-order valence-electron chi connectivity index (χ1n) is 6.22. The first-order valence-corrected chi connectivity index (χ1v) is 6.76. The topological polar surface area (TPSA) is 72.2 Å². The van der Waals surface area contributed by atoms with Gasteiger partial charge in [-0.05, 0) is 36.2 Å². The lowest BCUT2D eigenvalue weighted by atomic mass is 10.1. The Bertz CT molecular complexity index is 684. The molecule has 1 amide bonds. The summed E-state index contributed by atoms with van der Waals surface area (Å²) in [6.45, 7) is 1.80. The highest BCUT2D eigenvalue weighted by atomic mass is 35.5. The Morgan fingerprint density at radius 3 is 2.48 bits per heavy atom. The average molecular weight is 305 g/mol. The number of anilines is 1. The summed E-state index contributed by atoms with van der Waals surface area (Å²) in [7, 11) is 0. The second kappa shape index (κ2) is 6.37. The van der Waals surface area contributed by atoms with E-state index in [0.717, 1.165) is 11.1 Å². The maximum atomic E-state index is 12.1.